The highest BCUT2D eigenvalue weighted by Gasteiger charge is 2.16. The van der Waals surface area contributed by atoms with Crippen molar-refractivity contribution in [2.45, 2.75) is 25.4 Å². The van der Waals surface area contributed by atoms with E-state index in [0.717, 1.165) is 35.6 Å². The smallest absolute Gasteiger partial charge is 0.333 e. The number of ether oxygens (including phenoxy) is 3. The Morgan fingerprint density at radius 3 is 2.21 bits per heavy atom. The summed E-state index contributed by atoms with van der Waals surface area (Å²) in [6.07, 6.45) is 1.29. The highest BCUT2D eigenvalue weighted by Crippen LogP contribution is 2.19. The van der Waals surface area contributed by atoms with Crippen molar-refractivity contribution >= 4 is 11.7 Å². The molecule has 0 saturated heterocycles. The van der Waals surface area contributed by atoms with Crippen molar-refractivity contribution in [1.82, 2.24) is 0 Å². The molecule has 28 heavy (non-hydrogen) atoms. The Balaban J connectivity index is 1.65. The average molecular weight is 387 g/mol. The first-order valence-corrected chi connectivity index (χ1v) is 9.37. The Bertz CT molecular complexity index is 730. The highest BCUT2D eigenvalue weighted by molar-refractivity contribution is 5.72. The number of nitrogens with zero attached hydrogens (tertiary/aromatic N) is 1. The molecule has 0 amide bonds. The van der Waals surface area contributed by atoms with E-state index in [1.807, 2.05) is 67.5 Å². The maximum atomic E-state index is 11.0. The van der Waals surface area contributed by atoms with Gasteiger partial charge in [-0.05, 0) is 42.7 Å². The molecule has 1 N–H and O–H groups in total. The molecular weight excluding hydrogens is 358 g/mol. The third-order valence-electron chi connectivity index (χ3n) is 4.31. The Labute approximate surface area is 166 Å². The van der Waals surface area contributed by atoms with Crippen LogP contribution < -0.4 is 14.4 Å². The lowest BCUT2D eigenvalue weighted by atomic mass is 10.1. The average Bonchev–Trinajstić information content (AvgIpc) is 2.69. The van der Waals surface area contributed by atoms with Gasteiger partial charge in [-0.15, -0.1) is 0 Å². The van der Waals surface area contributed by atoms with Crippen LogP contribution in [0.5, 0.6) is 11.5 Å². The van der Waals surface area contributed by atoms with Crippen LogP contribution in [0.1, 0.15) is 18.4 Å². The first-order valence-electron chi connectivity index (χ1n) is 9.37. The molecule has 0 aromatic heterocycles. The molecule has 152 valence electrons. The normalized spacial score (nSPS) is 11.7. The van der Waals surface area contributed by atoms with Crippen molar-refractivity contribution in [3.63, 3.8) is 0 Å². The van der Waals surface area contributed by atoms with Crippen molar-refractivity contribution in [2.75, 3.05) is 39.3 Å². The summed E-state index contributed by atoms with van der Waals surface area (Å²) in [5.74, 6) is 0.685. The fourth-order valence-electron chi connectivity index (χ4n) is 2.64. The Morgan fingerprint density at radius 1 is 1.00 bits per heavy atom. The van der Waals surface area contributed by atoms with E-state index in [4.69, 9.17) is 19.3 Å². The summed E-state index contributed by atoms with van der Waals surface area (Å²) in [6.45, 7) is 1.25. The van der Waals surface area contributed by atoms with Gasteiger partial charge in [-0.1, -0.05) is 18.2 Å². The summed E-state index contributed by atoms with van der Waals surface area (Å²) in [6, 6.07) is 15.5. The minimum atomic E-state index is -0.960. The van der Waals surface area contributed by atoms with Gasteiger partial charge in [0.25, 0.3) is 0 Å². The third kappa shape index (κ3) is 7.12. The summed E-state index contributed by atoms with van der Waals surface area (Å²) in [5.41, 5.74) is 2.01. The fraction of sp³-hybridized carbons (Fsp3) is 0.409. The molecule has 0 aliphatic rings. The van der Waals surface area contributed by atoms with E-state index in [-0.39, 0.29) is 0 Å². The molecule has 0 aliphatic carbocycles. The van der Waals surface area contributed by atoms with Gasteiger partial charge < -0.3 is 24.2 Å². The standard InChI is InChI=1S/C22H29NO5/c1-23(2)18-7-6-8-20(16-18)28-14-5-4-13-27-19-11-9-17(10-12-19)15-21(26-3)22(24)25/h6-12,16,21H,4-5,13-15H2,1-3H3,(H,24,25). The minimum Gasteiger partial charge on any atom is -0.494 e. The van der Waals surface area contributed by atoms with Gasteiger partial charge in [0.15, 0.2) is 6.10 Å². The molecular formula is C22H29NO5. The second-order valence-corrected chi connectivity index (χ2v) is 6.71. The second-order valence-electron chi connectivity index (χ2n) is 6.71. The van der Waals surface area contributed by atoms with Gasteiger partial charge in [-0.25, -0.2) is 4.79 Å². The Morgan fingerprint density at radius 2 is 1.64 bits per heavy atom. The molecule has 1 unspecified atom stereocenters. The van der Waals surface area contributed by atoms with Crippen LogP contribution in [-0.2, 0) is 16.0 Å². The van der Waals surface area contributed by atoms with Crippen LogP contribution in [0, 0.1) is 0 Å². The maximum Gasteiger partial charge on any atom is 0.333 e. The molecule has 2 aromatic carbocycles. The lowest BCUT2D eigenvalue weighted by Gasteiger charge is -2.14. The van der Waals surface area contributed by atoms with Crippen molar-refractivity contribution in [3.05, 3.63) is 54.1 Å². The van der Waals surface area contributed by atoms with Crippen LogP contribution in [0.2, 0.25) is 0 Å². The monoisotopic (exact) mass is 387 g/mol. The first-order chi connectivity index (χ1) is 13.5. The molecule has 0 aliphatic heterocycles. The zero-order valence-electron chi connectivity index (χ0n) is 16.8. The number of methoxy groups -OCH3 is 1. The lowest BCUT2D eigenvalue weighted by Crippen LogP contribution is -2.24. The van der Waals surface area contributed by atoms with Crippen molar-refractivity contribution in [2.24, 2.45) is 0 Å². The number of carbonyl (C=O) groups is 1. The molecule has 6 nitrogen and oxygen atoms in total. The molecule has 0 saturated carbocycles. The van der Waals surface area contributed by atoms with E-state index in [1.54, 1.807) is 0 Å². The van der Waals surface area contributed by atoms with Crippen molar-refractivity contribution in [3.8, 4) is 11.5 Å². The van der Waals surface area contributed by atoms with E-state index in [9.17, 15) is 4.79 Å². The summed E-state index contributed by atoms with van der Waals surface area (Å²) in [4.78, 5) is 13.0. The maximum absolute atomic E-state index is 11.0. The number of carboxylic acids is 1. The van der Waals surface area contributed by atoms with Gasteiger partial charge in [0.2, 0.25) is 0 Å². The number of hydrogen-bond acceptors (Lipinski definition) is 5. The predicted octanol–water partition coefficient (Wildman–Crippen LogP) is 3.63. The molecule has 0 fully saturated rings. The van der Waals surface area contributed by atoms with Gasteiger partial charge in [-0.2, -0.15) is 0 Å². The quantitative estimate of drug-likeness (QED) is 0.561. The second kappa shape index (κ2) is 11.2. The highest BCUT2D eigenvalue weighted by atomic mass is 16.5. The third-order valence-corrected chi connectivity index (χ3v) is 4.31. The minimum absolute atomic E-state index is 0.332. The molecule has 2 rings (SSSR count). The van der Waals surface area contributed by atoms with E-state index in [1.165, 1.54) is 7.11 Å². The van der Waals surface area contributed by atoms with Gasteiger partial charge in [-0.3, -0.25) is 0 Å². The number of unbranched alkanes of at least 4 members (excludes halogenated alkanes) is 1. The Hall–Kier alpha value is -2.73. The fourth-order valence-corrected chi connectivity index (χ4v) is 2.64. The van der Waals surface area contributed by atoms with Crippen LogP contribution in [0.3, 0.4) is 0 Å². The first kappa shape index (κ1) is 21.6. The topological polar surface area (TPSA) is 68.2 Å². The summed E-state index contributed by atoms with van der Waals surface area (Å²) in [7, 11) is 5.41. The largest absolute Gasteiger partial charge is 0.494 e. The molecule has 0 radical (unpaired) electrons. The van der Waals surface area contributed by atoms with Crippen LogP contribution in [-0.4, -0.2) is 51.6 Å². The molecule has 6 heteroatoms. The van der Waals surface area contributed by atoms with Crippen LogP contribution >= 0.6 is 0 Å². The summed E-state index contributed by atoms with van der Waals surface area (Å²) in [5, 5.41) is 9.02. The number of anilines is 1. The molecule has 0 spiro atoms. The molecule has 2 aromatic rings. The summed E-state index contributed by atoms with van der Waals surface area (Å²) < 4.78 is 16.5. The van der Waals surface area contributed by atoms with Crippen molar-refractivity contribution < 1.29 is 24.1 Å². The van der Waals surface area contributed by atoms with Crippen LogP contribution in [0.25, 0.3) is 0 Å². The van der Waals surface area contributed by atoms with Gasteiger partial charge in [0.1, 0.15) is 11.5 Å². The van der Waals surface area contributed by atoms with E-state index in [0.29, 0.717) is 19.6 Å². The van der Waals surface area contributed by atoms with E-state index >= 15 is 0 Å². The van der Waals surface area contributed by atoms with Gasteiger partial charge in [0, 0.05) is 39.4 Å². The van der Waals surface area contributed by atoms with Gasteiger partial charge >= 0.3 is 5.97 Å². The number of benzene rings is 2. The number of carboxylic acid groups (broad SMARTS) is 1. The van der Waals surface area contributed by atoms with Crippen molar-refractivity contribution in [1.29, 1.82) is 0 Å². The zero-order valence-corrected chi connectivity index (χ0v) is 16.8. The summed E-state index contributed by atoms with van der Waals surface area (Å²) >= 11 is 0. The SMILES string of the molecule is COC(Cc1ccc(OCCCCOc2cccc(N(C)C)c2)cc1)C(=O)O. The van der Waals surface area contributed by atoms with E-state index < -0.39 is 12.1 Å². The lowest BCUT2D eigenvalue weighted by molar-refractivity contribution is -0.148. The number of hydrogen-bond donors (Lipinski definition) is 1. The molecule has 1 atom stereocenters. The van der Waals surface area contributed by atoms with E-state index in [2.05, 4.69) is 0 Å². The predicted molar refractivity (Wildman–Crippen MR) is 110 cm³/mol. The number of aliphatic carboxylic acids is 1. The molecule has 0 bridgehead atoms. The Kier molecular flexibility index (Phi) is 8.62. The zero-order chi connectivity index (χ0) is 20.4. The van der Waals surface area contributed by atoms with Crippen LogP contribution in [0.4, 0.5) is 5.69 Å². The van der Waals surface area contributed by atoms with Gasteiger partial charge in [0.05, 0.1) is 13.2 Å². The van der Waals surface area contributed by atoms with Crippen LogP contribution in [0.15, 0.2) is 48.5 Å². The molecule has 0 heterocycles. The number of rotatable bonds is 12.